The molecule has 1 aromatic carbocycles. The first kappa shape index (κ1) is 16.0. The van der Waals surface area contributed by atoms with Crippen molar-refractivity contribution in [3.05, 3.63) is 33.3 Å². The molecule has 0 bridgehead atoms. The van der Waals surface area contributed by atoms with E-state index in [9.17, 15) is 0 Å². The highest BCUT2D eigenvalue weighted by Gasteiger charge is 2.13. The molecule has 0 aliphatic carbocycles. The number of nitrogens with zero attached hydrogens (tertiary/aromatic N) is 1. The van der Waals surface area contributed by atoms with Gasteiger partial charge in [0, 0.05) is 15.5 Å². The SMILES string of the molecule is CCCN(C)CCC(NC)c1ccc(Br)cc1Cl. The summed E-state index contributed by atoms with van der Waals surface area (Å²) in [6, 6.07) is 6.40. The van der Waals surface area contributed by atoms with Crippen molar-refractivity contribution < 1.29 is 0 Å². The zero-order valence-electron chi connectivity index (χ0n) is 11.3. The van der Waals surface area contributed by atoms with Crippen LogP contribution in [0.3, 0.4) is 0 Å². The molecule has 4 heteroatoms. The Kier molecular flexibility index (Phi) is 7.23. The van der Waals surface area contributed by atoms with Gasteiger partial charge in [0.15, 0.2) is 0 Å². The van der Waals surface area contributed by atoms with Crippen LogP contribution in [0, 0.1) is 0 Å². The molecule has 1 aromatic rings. The van der Waals surface area contributed by atoms with E-state index < -0.39 is 0 Å². The summed E-state index contributed by atoms with van der Waals surface area (Å²) < 4.78 is 1.02. The predicted octanol–water partition coefficient (Wildman–Crippen LogP) is 4.09. The van der Waals surface area contributed by atoms with Crippen LogP contribution in [0.25, 0.3) is 0 Å². The number of halogens is 2. The van der Waals surface area contributed by atoms with Gasteiger partial charge in [-0.15, -0.1) is 0 Å². The van der Waals surface area contributed by atoms with Gasteiger partial charge in [-0.2, -0.15) is 0 Å². The van der Waals surface area contributed by atoms with E-state index in [4.69, 9.17) is 11.6 Å². The molecular formula is C14H22BrClN2. The summed E-state index contributed by atoms with van der Waals surface area (Å²) in [5.74, 6) is 0. The molecular weight excluding hydrogens is 312 g/mol. The van der Waals surface area contributed by atoms with E-state index in [0.29, 0.717) is 6.04 Å². The molecule has 0 radical (unpaired) electrons. The maximum atomic E-state index is 6.30. The lowest BCUT2D eigenvalue weighted by molar-refractivity contribution is 0.311. The first-order valence-corrected chi connectivity index (χ1v) is 7.56. The number of nitrogens with one attached hydrogen (secondary N) is 1. The van der Waals surface area contributed by atoms with Gasteiger partial charge in [0.1, 0.15) is 0 Å². The Bertz CT molecular complexity index is 371. The summed E-state index contributed by atoms with van der Waals surface area (Å²) in [6.45, 7) is 4.42. The van der Waals surface area contributed by atoms with Gasteiger partial charge in [0.2, 0.25) is 0 Å². The lowest BCUT2D eigenvalue weighted by Crippen LogP contribution is -2.26. The van der Waals surface area contributed by atoms with Gasteiger partial charge in [-0.25, -0.2) is 0 Å². The van der Waals surface area contributed by atoms with Crippen LogP contribution in [0.5, 0.6) is 0 Å². The average Bonchev–Trinajstić information content (AvgIpc) is 2.32. The lowest BCUT2D eigenvalue weighted by atomic mass is 10.0. The van der Waals surface area contributed by atoms with Crippen LogP contribution >= 0.6 is 27.5 Å². The fraction of sp³-hybridized carbons (Fsp3) is 0.571. The molecule has 0 heterocycles. The molecule has 1 unspecified atom stereocenters. The molecule has 0 aliphatic heterocycles. The average molecular weight is 334 g/mol. The molecule has 1 rings (SSSR count). The molecule has 0 spiro atoms. The van der Waals surface area contributed by atoms with Crippen LogP contribution in [0.4, 0.5) is 0 Å². The van der Waals surface area contributed by atoms with E-state index in [1.807, 2.05) is 19.2 Å². The van der Waals surface area contributed by atoms with E-state index in [1.54, 1.807) is 0 Å². The fourth-order valence-electron chi connectivity index (χ4n) is 2.08. The first-order valence-electron chi connectivity index (χ1n) is 6.39. The van der Waals surface area contributed by atoms with Crippen molar-refractivity contribution in [2.24, 2.45) is 0 Å². The number of hydrogen-bond donors (Lipinski definition) is 1. The normalized spacial score (nSPS) is 13.0. The van der Waals surface area contributed by atoms with E-state index in [-0.39, 0.29) is 0 Å². The van der Waals surface area contributed by atoms with Crippen LogP contribution in [-0.4, -0.2) is 32.1 Å². The van der Waals surface area contributed by atoms with Crippen LogP contribution < -0.4 is 5.32 Å². The Labute approximate surface area is 124 Å². The largest absolute Gasteiger partial charge is 0.313 e. The number of rotatable bonds is 7. The first-order chi connectivity index (χ1) is 8.58. The third-order valence-corrected chi connectivity index (χ3v) is 3.91. The summed E-state index contributed by atoms with van der Waals surface area (Å²) in [6.07, 6.45) is 2.26. The van der Waals surface area contributed by atoms with Crippen molar-refractivity contribution in [3.63, 3.8) is 0 Å². The summed E-state index contributed by atoms with van der Waals surface area (Å²) in [7, 11) is 4.16. The second-order valence-corrected chi connectivity index (χ2v) is 5.92. The quantitative estimate of drug-likeness (QED) is 0.808. The van der Waals surface area contributed by atoms with Gasteiger partial charge in [0.25, 0.3) is 0 Å². The molecule has 102 valence electrons. The Morgan fingerprint density at radius 2 is 2.11 bits per heavy atom. The fourth-order valence-corrected chi connectivity index (χ4v) is 2.89. The summed E-state index contributed by atoms with van der Waals surface area (Å²) >= 11 is 9.73. The van der Waals surface area contributed by atoms with E-state index >= 15 is 0 Å². The Hall–Kier alpha value is -0.0900. The summed E-state index contributed by atoms with van der Waals surface area (Å²) in [5, 5.41) is 4.17. The lowest BCUT2D eigenvalue weighted by Gasteiger charge is -2.22. The van der Waals surface area contributed by atoms with Gasteiger partial charge < -0.3 is 10.2 Å². The van der Waals surface area contributed by atoms with Gasteiger partial charge in [-0.05, 0) is 57.7 Å². The van der Waals surface area contributed by atoms with Crippen molar-refractivity contribution in [1.82, 2.24) is 10.2 Å². The minimum Gasteiger partial charge on any atom is -0.313 e. The van der Waals surface area contributed by atoms with E-state index in [1.165, 1.54) is 12.0 Å². The van der Waals surface area contributed by atoms with Crippen molar-refractivity contribution in [1.29, 1.82) is 0 Å². The van der Waals surface area contributed by atoms with Gasteiger partial charge in [-0.1, -0.05) is 40.5 Å². The minimum absolute atomic E-state index is 0.310. The monoisotopic (exact) mass is 332 g/mol. The molecule has 2 nitrogen and oxygen atoms in total. The van der Waals surface area contributed by atoms with Gasteiger partial charge in [-0.3, -0.25) is 0 Å². The van der Waals surface area contributed by atoms with Crippen molar-refractivity contribution in [2.45, 2.75) is 25.8 Å². The molecule has 0 saturated heterocycles. The van der Waals surface area contributed by atoms with Crippen molar-refractivity contribution in [2.75, 3.05) is 27.2 Å². The molecule has 1 atom stereocenters. The Morgan fingerprint density at radius 3 is 2.67 bits per heavy atom. The number of hydrogen-bond acceptors (Lipinski definition) is 2. The van der Waals surface area contributed by atoms with Crippen molar-refractivity contribution >= 4 is 27.5 Å². The predicted molar refractivity (Wildman–Crippen MR) is 83.4 cm³/mol. The van der Waals surface area contributed by atoms with Crippen molar-refractivity contribution in [3.8, 4) is 0 Å². The number of benzene rings is 1. The highest BCUT2D eigenvalue weighted by Crippen LogP contribution is 2.28. The van der Waals surface area contributed by atoms with Gasteiger partial charge >= 0.3 is 0 Å². The molecule has 0 aromatic heterocycles. The highest BCUT2D eigenvalue weighted by atomic mass is 79.9. The standard InChI is InChI=1S/C14H22BrClN2/c1-4-8-18(3)9-7-14(17-2)12-6-5-11(15)10-13(12)16/h5-6,10,14,17H,4,7-9H2,1-3H3. The highest BCUT2D eigenvalue weighted by molar-refractivity contribution is 9.10. The third-order valence-electron chi connectivity index (χ3n) is 3.09. The second kappa shape index (κ2) is 8.16. The van der Waals surface area contributed by atoms with Crippen LogP contribution in [0.2, 0.25) is 5.02 Å². The topological polar surface area (TPSA) is 15.3 Å². The van der Waals surface area contributed by atoms with E-state index in [0.717, 1.165) is 29.0 Å². The Balaban J connectivity index is 2.65. The molecule has 1 N–H and O–H groups in total. The minimum atomic E-state index is 0.310. The zero-order valence-corrected chi connectivity index (χ0v) is 13.7. The molecule has 18 heavy (non-hydrogen) atoms. The smallest absolute Gasteiger partial charge is 0.0465 e. The van der Waals surface area contributed by atoms with E-state index in [2.05, 4.69) is 46.2 Å². The van der Waals surface area contributed by atoms with Crippen LogP contribution in [0.15, 0.2) is 22.7 Å². The zero-order chi connectivity index (χ0) is 13.5. The van der Waals surface area contributed by atoms with Crippen LogP contribution in [0.1, 0.15) is 31.4 Å². The third kappa shape index (κ3) is 4.88. The maximum absolute atomic E-state index is 6.30. The van der Waals surface area contributed by atoms with Gasteiger partial charge in [0.05, 0.1) is 0 Å². The second-order valence-electron chi connectivity index (χ2n) is 4.60. The van der Waals surface area contributed by atoms with Crippen LogP contribution in [-0.2, 0) is 0 Å². The maximum Gasteiger partial charge on any atom is 0.0465 e. The summed E-state index contributed by atoms with van der Waals surface area (Å²) in [4.78, 5) is 2.36. The molecule has 0 fully saturated rings. The molecule has 0 saturated carbocycles. The molecule has 0 aliphatic rings. The summed E-state index contributed by atoms with van der Waals surface area (Å²) in [5.41, 5.74) is 1.17. The molecule has 0 amide bonds. The Morgan fingerprint density at radius 1 is 1.39 bits per heavy atom.